The number of hydrogen-bond acceptors (Lipinski definition) is 5. The molecular weight excluding hydrogens is 375 g/mol. The van der Waals surface area contributed by atoms with Gasteiger partial charge in [0, 0.05) is 12.1 Å². The molecule has 28 heavy (non-hydrogen) atoms. The van der Waals surface area contributed by atoms with Crippen LogP contribution in [0.5, 0.6) is 5.75 Å². The molecule has 2 N–H and O–H groups in total. The van der Waals surface area contributed by atoms with Gasteiger partial charge in [0.25, 0.3) is 0 Å². The van der Waals surface area contributed by atoms with Gasteiger partial charge in [0.15, 0.2) is 0 Å². The molecule has 1 aliphatic heterocycles. The number of ether oxygens (including phenoxy) is 2. The molecule has 1 unspecified atom stereocenters. The summed E-state index contributed by atoms with van der Waals surface area (Å²) in [6.07, 6.45) is -5.54. The van der Waals surface area contributed by atoms with Crippen molar-refractivity contribution in [2.24, 2.45) is 5.41 Å². The third-order valence-corrected chi connectivity index (χ3v) is 4.53. The van der Waals surface area contributed by atoms with E-state index in [0.29, 0.717) is 35.7 Å². The molecule has 1 heterocycles. The van der Waals surface area contributed by atoms with Gasteiger partial charge in [0.2, 0.25) is 5.60 Å². The van der Waals surface area contributed by atoms with Crippen LogP contribution >= 0.6 is 0 Å². The number of nitriles is 1. The molecule has 1 aromatic carbocycles. The SMILES string of the molecule is Cc1c(NC(=O)OC(C)(C)C(F)(F)F)ccc2c1NCC(CC(C)(C)C#N)O2. The number of amides is 1. The summed E-state index contributed by atoms with van der Waals surface area (Å²) in [4.78, 5) is 11.9. The molecule has 1 amide bonds. The van der Waals surface area contributed by atoms with Crippen molar-refractivity contribution in [3.63, 3.8) is 0 Å². The quantitative estimate of drug-likeness (QED) is 0.745. The van der Waals surface area contributed by atoms with E-state index in [1.807, 2.05) is 13.8 Å². The minimum Gasteiger partial charge on any atom is -0.486 e. The summed E-state index contributed by atoms with van der Waals surface area (Å²) in [5.74, 6) is 0.553. The number of nitrogens with zero attached hydrogens (tertiary/aromatic N) is 1. The summed E-state index contributed by atoms with van der Waals surface area (Å²) < 4.78 is 49.1. The fourth-order valence-electron chi connectivity index (χ4n) is 2.73. The third kappa shape index (κ3) is 4.80. The van der Waals surface area contributed by atoms with E-state index >= 15 is 0 Å². The zero-order valence-electron chi connectivity index (χ0n) is 16.5. The Kier molecular flexibility index (Phi) is 5.74. The van der Waals surface area contributed by atoms with E-state index in [1.165, 1.54) is 6.07 Å². The number of benzene rings is 1. The standard InChI is InChI=1S/C19H24F3N3O3/c1-11-13(25-16(26)28-18(4,5)19(20,21)22)6-7-14-15(11)24-9-12(27-14)8-17(2,3)10-23/h6-7,12,24H,8-9H2,1-5H3,(H,25,26). The van der Waals surface area contributed by atoms with Crippen molar-refractivity contribution in [3.05, 3.63) is 17.7 Å². The molecule has 0 saturated heterocycles. The molecule has 9 heteroatoms. The molecule has 1 aromatic rings. The average molecular weight is 399 g/mol. The zero-order chi connectivity index (χ0) is 21.3. The Labute approximate surface area is 162 Å². The van der Waals surface area contributed by atoms with Crippen LogP contribution in [-0.2, 0) is 4.74 Å². The van der Waals surface area contributed by atoms with Crippen LogP contribution in [0, 0.1) is 23.7 Å². The largest absolute Gasteiger partial charge is 0.486 e. The molecule has 1 atom stereocenters. The van der Waals surface area contributed by atoms with Gasteiger partial charge in [-0.25, -0.2) is 4.79 Å². The third-order valence-electron chi connectivity index (χ3n) is 4.53. The Morgan fingerprint density at radius 3 is 2.57 bits per heavy atom. The van der Waals surface area contributed by atoms with Crippen molar-refractivity contribution in [1.82, 2.24) is 0 Å². The van der Waals surface area contributed by atoms with Gasteiger partial charge in [0.1, 0.15) is 11.9 Å². The highest BCUT2D eigenvalue weighted by molar-refractivity contribution is 5.88. The Morgan fingerprint density at radius 2 is 2.00 bits per heavy atom. The molecule has 6 nitrogen and oxygen atoms in total. The number of carbonyl (C=O) groups is 1. The van der Waals surface area contributed by atoms with E-state index < -0.39 is 23.3 Å². The van der Waals surface area contributed by atoms with Gasteiger partial charge in [-0.15, -0.1) is 0 Å². The van der Waals surface area contributed by atoms with Crippen LogP contribution in [0.3, 0.4) is 0 Å². The molecule has 0 aliphatic carbocycles. The first kappa shape index (κ1) is 21.7. The lowest BCUT2D eigenvalue weighted by molar-refractivity contribution is -0.242. The Hall–Kier alpha value is -2.63. The van der Waals surface area contributed by atoms with Crippen LogP contribution < -0.4 is 15.4 Å². The van der Waals surface area contributed by atoms with Crippen LogP contribution in [-0.4, -0.2) is 30.5 Å². The normalized spacial score (nSPS) is 16.9. The predicted molar refractivity (Wildman–Crippen MR) is 98.3 cm³/mol. The van der Waals surface area contributed by atoms with Crippen molar-refractivity contribution in [1.29, 1.82) is 5.26 Å². The molecule has 2 rings (SSSR count). The minimum absolute atomic E-state index is 0.196. The van der Waals surface area contributed by atoms with E-state index in [9.17, 15) is 18.0 Å². The predicted octanol–water partition coefficient (Wildman–Crippen LogP) is 5.00. The van der Waals surface area contributed by atoms with E-state index in [2.05, 4.69) is 21.4 Å². The van der Waals surface area contributed by atoms with Crippen LogP contribution in [0.2, 0.25) is 0 Å². The highest BCUT2D eigenvalue weighted by Crippen LogP contribution is 2.39. The van der Waals surface area contributed by atoms with Gasteiger partial charge in [-0.2, -0.15) is 18.4 Å². The number of halogens is 3. The van der Waals surface area contributed by atoms with Gasteiger partial charge in [0.05, 0.1) is 23.7 Å². The van der Waals surface area contributed by atoms with Gasteiger partial charge in [-0.05, 0) is 52.3 Å². The number of nitrogens with one attached hydrogen (secondary N) is 2. The second-order valence-electron chi connectivity index (χ2n) is 7.95. The van der Waals surface area contributed by atoms with Gasteiger partial charge in [-0.3, -0.25) is 5.32 Å². The fraction of sp³-hybridized carbons (Fsp3) is 0.579. The molecule has 0 radical (unpaired) electrons. The van der Waals surface area contributed by atoms with Crippen molar-refractivity contribution >= 4 is 17.5 Å². The lowest BCUT2D eigenvalue weighted by Gasteiger charge is -2.32. The summed E-state index contributed by atoms with van der Waals surface area (Å²) >= 11 is 0. The second kappa shape index (κ2) is 7.41. The minimum atomic E-state index is -4.68. The van der Waals surface area contributed by atoms with Gasteiger partial charge < -0.3 is 14.8 Å². The van der Waals surface area contributed by atoms with E-state index in [4.69, 9.17) is 10.00 Å². The Bertz CT molecular complexity index is 798. The summed E-state index contributed by atoms with van der Waals surface area (Å²) in [7, 11) is 0. The fourth-order valence-corrected chi connectivity index (χ4v) is 2.73. The van der Waals surface area contributed by atoms with Crippen molar-refractivity contribution in [2.75, 3.05) is 17.2 Å². The summed E-state index contributed by atoms with van der Waals surface area (Å²) in [5.41, 5.74) is -1.58. The maximum atomic E-state index is 12.9. The molecule has 0 bridgehead atoms. The van der Waals surface area contributed by atoms with Gasteiger partial charge >= 0.3 is 12.3 Å². The van der Waals surface area contributed by atoms with Crippen molar-refractivity contribution in [2.45, 2.75) is 58.9 Å². The summed E-state index contributed by atoms with van der Waals surface area (Å²) in [6, 6.07) is 5.39. The van der Waals surface area contributed by atoms with Crippen LogP contribution in [0.1, 0.15) is 39.7 Å². The van der Waals surface area contributed by atoms with Crippen LogP contribution in [0.15, 0.2) is 12.1 Å². The van der Waals surface area contributed by atoms with Crippen molar-refractivity contribution in [3.8, 4) is 11.8 Å². The number of rotatable bonds is 4. The maximum Gasteiger partial charge on any atom is 0.427 e. The molecule has 0 spiro atoms. The van der Waals surface area contributed by atoms with Crippen LogP contribution in [0.25, 0.3) is 0 Å². The second-order valence-corrected chi connectivity index (χ2v) is 7.95. The first-order valence-corrected chi connectivity index (χ1v) is 8.78. The van der Waals surface area contributed by atoms with Crippen LogP contribution in [0.4, 0.5) is 29.3 Å². The molecule has 0 saturated carbocycles. The number of anilines is 2. The molecule has 154 valence electrons. The van der Waals surface area contributed by atoms with E-state index in [-0.39, 0.29) is 6.10 Å². The number of fused-ring (bicyclic) bond motifs is 1. The lowest BCUT2D eigenvalue weighted by atomic mass is 9.88. The topological polar surface area (TPSA) is 83.4 Å². The zero-order valence-corrected chi connectivity index (χ0v) is 16.5. The van der Waals surface area contributed by atoms with Gasteiger partial charge in [-0.1, -0.05) is 0 Å². The molecular formula is C19H24F3N3O3. The molecule has 0 aromatic heterocycles. The summed E-state index contributed by atoms with van der Waals surface area (Å²) in [5, 5.41) is 14.7. The Balaban J connectivity index is 2.11. The van der Waals surface area contributed by atoms with E-state index in [1.54, 1.807) is 13.0 Å². The number of alkyl halides is 3. The number of carbonyl (C=O) groups excluding carboxylic acids is 1. The number of hydrogen-bond donors (Lipinski definition) is 2. The summed E-state index contributed by atoms with van der Waals surface area (Å²) in [6.45, 7) is 7.40. The van der Waals surface area contributed by atoms with E-state index in [0.717, 1.165) is 13.8 Å². The van der Waals surface area contributed by atoms with Crippen molar-refractivity contribution < 1.29 is 27.4 Å². The smallest absolute Gasteiger partial charge is 0.427 e. The highest BCUT2D eigenvalue weighted by atomic mass is 19.4. The average Bonchev–Trinajstić information content (AvgIpc) is 2.55. The first-order chi connectivity index (χ1) is 12.8. The Morgan fingerprint density at radius 1 is 1.36 bits per heavy atom. The first-order valence-electron chi connectivity index (χ1n) is 8.78. The monoisotopic (exact) mass is 399 g/mol. The molecule has 0 fully saturated rings. The maximum absolute atomic E-state index is 12.9. The highest BCUT2D eigenvalue weighted by Gasteiger charge is 2.51. The lowest BCUT2D eigenvalue weighted by Crippen LogP contribution is -2.44. The molecule has 1 aliphatic rings.